The molecule has 4 N–H and O–H groups in total. The molecule has 0 fully saturated rings. The Morgan fingerprint density at radius 2 is 1.52 bits per heavy atom. The molecule has 0 aliphatic carbocycles. The van der Waals surface area contributed by atoms with Gasteiger partial charge in [-0.15, -0.1) is 0 Å². The summed E-state index contributed by atoms with van der Waals surface area (Å²) in [5.41, 5.74) is 0.873. The summed E-state index contributed by atoms with van der Waals surface area (Å²) in [6.07, 6.45) is -5.19. The van der Waals surface area contributed by atoms with Crippen LogP contribution in [0, 0.1) is 0 Å². The molecule has 0 atom stereocenters. The summed E-state index contributed by atoms with van der Waals surface area (Å²) >= 11 is 0. The molecule has 0 saturated heterocycles. The van der Waals surface area contributed by atoms with Crippen LogP contribution in [-0.4, -0.2) is 32.6 Å². The Kier molecular flexibility index (Phi) is 5.29. The van der Waals surface area contributed by atoms with Gasteiger partial charge in [-0.1, -0.05) is 0 Å². The standard InChI is InChI=1S/C15H10O5.C2HF3O2/c16-9-6-12(18)10-2-4-14(20-15(10)7-9)8-1-3-11(17)13(19)5-8;3-2(4,5)1(6)7/h1-7H,(H3-,16,17,18,19);(H,6,7). The van der Waals surface area contributed by atoms with Gasteiger partial charge in [0.1, 0.15) is 22.9 Å². The van der Waals surface area contributed by atoms with Crippen molar-refractivity contribution >= 4 is 16.9 Å². The number of aromatic hydroxyl groups is 4. The predicted molar refractivity (Wildman–Crippen MR) is 83.8 cm³/mol. The van der Waals surface area contributed by atoms with Crippen LogP contribution >= 0.6 is 0 Å². The fourth-order valence-electron chi connectivity index (χ4n) is 1.99. The maximum absolute atomic E-state index is 10.5. The van der Waals surface area contributed by atoms with Crippen LogP contribution in [0.5, 0.6) is 23.0 Å². The van der Waals surface area contributed by atoms with Crippen molar-refractivity contribution in [3.05, 3.63) is 42.5 Å². The smallest absolute Gasteiger partial charge is 0.430 e. The van der Waals surface area contributed by atoms with Gasteiger partial charge in [0.05, 0.1) is 11.6 Å². The zero-order chi connectivity index (χ0) is 20.4. The molecule has 0 amide bonds. The first kappa shape index (κ1) is 19.6. The molecule has 0 saturated carbocycles. The van der Waals surface area contributed by atoms with E-state index in [0.717, 1.165) is 0 Å². The fraction of sp³-hybridized carbons (Fsp3) is 0.0588. The van der Waals surface area contributed by atoms with Crippen LogP contribution in [0.4, 0.5) is 13.2 Å². The van der Waals surface area contributed by atoms with E-state index >= 15 is 0 Å². The molecule has 0 aliphatic rings. The summed E-state index contributed by atoms with van der Waals surface area (Å²) < 4.78 is 37.1. The van der Waals surface area contributed by atoms with Crippen LogP contribution in [0.15, 0.2) is 46.9 Å². The second-order valence-corrected chi connectivity index (χ2v) is 5.17. The van der Waals surface area contributed by atoms with Gasteiger partial charge in [0.15, 0.2) is 11.5 Å². The normalized spacial score (nSPS) is 10.9. The molecule has 142 valence electrons. The molecular formula is C17H11F3O7. The number of hydrogen-bond acceptors (Lipinski definition) is 6. The van der Waals surface area contributed by atoms with E-state index in [9.17, 15) is 33.6 Å². The van der Waals surface area contributed by atoms with Crippen molar-refractivity contribution in [2.75, 3.05) is 0 Å². The second-order valence-electron chi connectivity index (χ2n) is 5.17. The van der Waals surface area contributed by atoms with Crippen molar-refractivity contribution in [1.29, 1.82) is 0 Å². The Morgan fingerprint density at radius 3 is 2.07 bits per heavy atom. The fourth-order valence-corrected chi connectivity index (χ4v) is 1.99. The largest absolute Gasteiger partial charge is 0.542 e. The molecule has 2 aromatic carbocycles. The van der Waals surface area contributed by atoms with Crippen molar-refractivity contribution in [2.24, 2.45) is 0 Å². The maximum Gasteiger partial charge on any atom is 0.430 e. The Morgan fingerprint density at radius 1 is 0.889 bits per heavy atom. The zero-order valence-electron chi connectivity index (χ0n) is 13.2. The number of aliphatic carboxylic acids is 1. The molecule has 0 bridgehead atoms. The summed E-state index contributed by atoms with van der Waals surface area (Å²) in [5, 5.41) is 47.2. The van der Waals surface area contributed by atoms with Gasteiger partial charge in [-0.3, -0.25) is 0 Å². The van der Waals surface area contributed by atoms with E-state index in [1.165, 1.54) is 24.3 Å². The monoisotopic (exact) mass is 384 g/mol. The third-order valence-electron chi connectivity index (χ3n) is 3.22. The molecule has 3 aromatic rings. The van der Waals surface area contributed by atoms with Crippen LogP contribution in [0.2, 0.25) is 0 Å². The minimum atomic E-state index is -5.19. The summed E-state index contributed by atoms with van der Waals surface area (Å²) in [6, 6.07) is 10.2. The number of carbonyl (C=O) groups is 1. The lowest BCUT2D eigenvalue weighted by Gasteiger charge is -2.03. The molecule has 0 unspecified atom stereocenters. The zero-order valence-corrected chi connectivity index (χ0v) is 13.2. The van der Waals surface area contributed by atoms with Gasteiger partial charge in [-0.25, -0.2) is 4.42 Å². The first-order valence-corrected chi connectivity index (χ1v) is 7.08. The number of carbonyl (C=O) groups excluding carboxylic acids is 1. The third-order valence-corrected chi connectivity index (χ3v) is 3.22. The number of carboxylic acid groups (broad SMARTS) is 1. The molecule has 0 spiro atoms. The molecule has 0 aliphatic heterocycles. The number of fused-ring (bicyclic) bond motifs is 1. The molecule has 0 radical (unpaired) electrons. The van der Waals surface area contributed by atoms with Gasteiger partial charge in [-0.2, -0.15) is 13.2 Å². The number of phenols is 4. The number of phenolic OH excluding ortho intramolecular Hbond substituents is 4. The van der Waals surface area contributed by atoms with E-state index in [-0.39, 0.29) is 23.0 Å². The molecule has 10 heteroatoms. The molecule has 7 nitrogen and oxygen atoms in total. The highest BCUT2D eigenvalue weighted by Gasteiger charge is 2.28. The van der Waals surface area contributed by atoms with E-state index < -0.39 is 12.1 Å². The average molecular weight is 384 g/mol. The molecular weight excluding hydrogens is 373 g/mol. The average Bonchev–Trinajstić information content (AvgIpc) is 2.56. The van der Waals surface area contributed by atoms with Crippen molar-refractivity contribution < 1.29 is 47.9 Å². The van der Waals surface area contributed by atoms with Crippen LogP contribution in [0.1, 0.15) is 0 Å². The number of rotatable bonds is 1. The van der Waals surface area contributed by atoms with E-state index in [1.54, 1.807) is 18.2 Å². The lowest BCUT2D eigenvalue weighted by Crippen LogP contribution is -2.37. The Labute approximate surface area is 148 Å². The SMILES string of the molecule is O=C([O-])C(F)(F)F.Oc1cc(O)c2ccc(-c3ccc(O)c(O)c3)[o+]c2c1. The van der Waals surface area contributed by atoms with Crippen LogP contribution in [0.3, 0.4) is 0 Å². The number of alkyl halides is 3. The Hall–Kier alpha value is -3.69. The minimum Gasteiger partial charge on any atom is -0.542 e. The van der Waals surface area contributed by atoms with Gasteiger partial charge in [0.2, 0.25) is 0 Å². The molecule has 1 heterocycles. The van der Waals surface area contributed by atoms with Crippen LogP contribution < -0.4 is 5.11 Å². The van der Waals surface area contributed by atoms with Crippen molar-refractivity contribution in [3.8, 4) is 34.3 Å². The minimum absolute atomic E-state index is 0.0798. The van der Waals surface area contributed by atoms with Crippen molar-refractivity contribution in [3.63, 3.8) is 0 Å². The Balaban J connectivity index is 0.000000321. The summed E-state index contributed by atoms with van der Waals surface area (Å²) in [4.78, 5) is 8.78. The van der Waals surface area contributed by atoms with Gasteiger partial charge < -0.3 is 30.3 Å². The lowest BCUT2D eigenvalue weighted by atomic mass is 10.1. The first-order chi connectivity index (χ1) is 12.5. The number of carboxylic acids is 1. The van der Waals surface area contributed by atoms with Crippen LogP contribution in [-0.2, 0) is 4.79 Å². The highest BCUT2D eigenvalue weighted by Crippen LogP contribution is 2.35. The van der Waals surface area contributed by atoms with Crippen LogP contribution in [0.25, 0.3) is 22.3 Å². The van der Waals surface area contributed by atoms with Gasteiger partial charge in [-0.05, 0) is 18.2 Å². The third kappa shape index (κ3) is 4.69. The highest BCUT2D eigenvalue weighted by atomic mass is 19.4. The lowest BCUT2D eigenvalue weighted by molar-refractivity contribution is -0.344. The number of benzene rings is 2. The number of halogens is 3. The van der Waals surface area contributed by atoms with Gasteiger partial charge in [0.25, 0.3) is 0 Å². The van der Waals surface area contributed by atoms with Crippen molar-refractivity contribution in [2.45, 2.75) is 6.18 Å². The summed E-state index contributed by atoms with van der Waals surface area (Å²) in [7, 11) is 0. The molecule has 27 heavy (non-hydrogen) atoms. The quantitative estimate of drug-likeness (QED) is 0.374. The second kappa shape index (κ2) is 7.28. The van der Waals surface area contributed by atoms with E-state index in [4.69, 9.17) is 14.3 Å². The Bertz CT molecular complexity index is 1000. The predicted octanol–water partition coefficient (Wildman–Crippen LogP) is 2.50. The van der Waals surface area contributed by atoms with Crippen molar-refractivity contribution in [1.82, 2.24) is 0 Å². The molecule has 1 aromatic heterocycles. The topological polar surface area (TPSA) is 132 Å². The maximum atomic E-state index is 10.5. The number of hydrogen-bond donors (Lipinski definition) is 4. The summed E-state index contributed by atoms with van der Waals surface area (Å²) in [6.45, 7) is 0. The van der Waals surface area contributed by atoms with E-state index in [1.807, 2.05) is 0 Å². The highest BCUT2D eigenvalue weighted by molar-refractivity contribution is 5.86. The van der Waals surface area contributed by atoms with E-state index in [0.29, 0.717) is 22.3 Å². The van der Waals surface area contributed by atoms with Gasteiger partial charge in [0, 0.05) is 18.2 Å². The molecule has 3 rings (SSSR count). The van der Waals surface area contributed by atoms with E-state index in [2.05, 4.69) is 0 Å². The van der Waals surface area contributed by atoms with Gasteiger partial charge >= 0.3 is 17.5 Å². The summed E-state index contributed by atoms with van der Waals surface area (Å²) in [5.74, 6) is -3.24. The first-order valence-electron chi connectivity index (χ1n) is 7.08.